The fraction of sp³-hybridized carbons (Fsp3) is 0.107. The number of benzene rings is 3. The Morgan fingerprint density at radius 1 is 0.944 bits per heavy atom. The number of thioether (sulfide) groups is 1. The minimum absolute atomic E-state index is 0.0892. The van der Waals surface area contributed by atoms with E-state index in [0.717, 1.165) is 44.1 Å². The predicted octanol–water partition coefficient (Wildman–Crippen LogP) is 6.06. The molecule has 1 saturated heterocycles. The van der Waals surface area contributed by atoms with Gasteiger partial charge in [0.2, 0.25) is 0 Å². The summed E-state index contributed by atoms with van der Waals surface area (Å²) >= 11 is 7.70. The second-order valence-electron chi connectivity index (χ2n) is 8.39. The van der Waals surface area contributed by atoms with Crippen molar-refractivity contribution in [2.24, 2.45) is 0 Å². The molecule has 4 aromatic rings. The van der Waals surface area contributed by atoms with Crippen LogP contribution >= 0.6 is 23.4 Å². The number of amides is 4. The molecule has 1 aliphatic heterocycles. The lowest BCUT2D eigenvalue weighted by molar-refractivity contribution is -0.122. The summed E-state index contributed by atoms with van der Waals surface area (Å²) in [4.78, 5) is 40.6. The number of fused-ring (bicyclic) bond motifs is 1. The van der Waals surface area contributed by atoms with Gasteiger partial charge in [0.25, 0.3) is 11.8 Å². The van der Waals surface area contributed by atoms with Crippen LogP contribution in [0.5, 0.6) is 0 Å². The Morgan fingerprint density at radius 3 is 2.42 bits per heavy atom. The number of anilines is 1. The van der Waals surface area contributed by atoms with Crippen molar-refractivity contribution in [2.75, 3.05) is 10.7 Å². The van der Waals surface area contributed by atoms with Gasteiger partial charge >= 0.3 is 6.03 Å². The van der Waals surface area contributed by atoms with Crippen molar-refractivity contribution < 1.29 is 14.4 Å². The molecule has 1 fully saturated rings. The third-order valence-corrected chi connectivity index (χ3v) is 7.17. The van der Waals surface area contributed by atoms with E-state index in [2.05, 4.69) is 9.88 Å². The van der Waals surface area contributed by atoms with E-state index in [-0.39, 0.29) is 5.57 Å². The van der Waals surface area contributed by atoms with Gasteiger partial charge in [-0.2, -0.15) is 0 Å². The fourth-order valence-electron chi connectivity index (χ4n) is 4.11. The minimum Gasteiger partial charge on any atom is -0.346 e. The van der Waals surface area contributed by atoms with Crippen LogP contribution in [0.4, 0.5) is 10.5 Å². The molecule has 36 heavy (non-hydrogen) atoms. The molecular weight excluding hydrogens is 494 g/mol. The molecule has 0 saturated carbocycles. The van der Waals surface area contributed by atoms with Crippen LogP contribution in [0.2, 0.25) is 5.02 Å². The first kappa shape index (κ1) is 23.9. The first-order chi connectivity index (χ1) is 17.4. The van der Waals surface area contributed by atoms with Gasteiger partial charge in [0.15, 0.2) is 0 Å². The van der Waals surface area contributed by atoms with E-state index in [4.69, 9.17) is 11.6 Å². The zero-order valence-corrected chi connectivity index (χ0v) is 21.0. The Hall–Kier alpha value is -3.81. The summed E-state index contributed by atoms with van der Waals surface area (Å²) < 4.78 is 2.11. The summed E-state index contributed by atoms with van der Waals surface area (Å²) in [6.45, 7) is 2.64. The van der Waals surface area contributed by atoms with Gasteiger partial charge in [-0.25, -0.2) is 9.69 Å². The lowest BCUT2D eigenvalue weighted by atomic mass is 10.1. The number of para-hydroxylation sites is 1. The molecule has 8 heteroatoms. The normalized spacial score (nSPS) is 15.1. The lowest BCUT2D eigenvalue weighted by Gasteiger charge is -2.26. The number of carbonyl (C=O) groups excluding carboxylic acids is 3. The van der Waals surface area contributed by atoms with Gasteiger partial charge in [0, 0.05) is 44.9 Å². The molecule has 6 nitrogen and oxygen atoms in total. The Balaban J connectivity index is 1.44. The average Bonchev–Trinajstić information content (AvgIpc) is 3.21. The van der Waals surface area contributed by atoms with Crippen LogP contribution in [0, 0.1) is 6.92 Å². The van der Waals surface area contributed by atoms with Crippen LogP contribution in [0.15, 0.2) is 89.5 Å². The number of aromatic nitrogens is 1. The topological polar surface area (TPSA) is 71.4 Å². The van der Waals surface area contributed by atoms with Crippen molar-refractivity contribution in [3.05, 3.63) is 101 Å². The van der Waals surface area contributed by atoms with Crippen LogP contribution < -0.4 is 10.2 Å². The van der Waals surface area contributed by atoms with Gasteiger partial charge in [-0.15, -0.1) is 11.8 Å². The van der Waals surface area contributed by atoms with Crippen LogP contribution in [0.3, 0.4) is 0 Å². The summed E-state index contributed by atoms with van der Waals surface area (Å²) in [6.07, 6.45) is 3.50. The second-order valence-corrected chi connectivity index (χ2v) is 10.00. The smallest absolute Gasteiger partial charge is 0.335 e. The van der Waals surface area contributed by atoms with Crippen LogP contribution in [-0.2, 0) is 16.1 Å². The standard InChI is InChI=1S/C28H22ClN3O3S/c1-18-6-10-21(11-7-18)32-27(34)24(26(33)30-28(32)35)16-19-17-31(25-5-3-2-4-23(19)25)14-15-36-22-12-8-20(29)9-13-22/h2-13,16-17H,14-15H2,1H3,(H,30,33,35)/b24-16+. The van der Waals surface area contributed by atoms with Gasteiger partial charge in [0.1, 0.15) is 5.57 Å². The molecule has 2 heterocycles. The number of carbonyl (C=O) groups is 3. The highest BCUT2D eigenvalue weighted by Crippen LogP contribution is 2.28. The van der Waals surface area contributed by atoms with E-state index in [1.807, 2.05) is 73.8 Å². The number of rotatable bonds is 6. The highest BCUT2D eigenvalue weighted by Gasteiger charge is 2.37. The number of nitrogens with one attached hydrogen (secondary N) is 1. The van der Waals surface area contributed by atoms with Gasteiger partial charge in [-0.05, 0) is 55.5 Å². The summed E-state index contributed by atoms with van der Waals surface area (Å²) in [5.41, 5.74) is 3.05. The first-order valence-corrected chi connectivity index (χ1v) is 12.7. The Morgan fingerprint density at radius 2 is 1.67 bits per heavy atom. The molecule has 0 atom stereocenters. The van der Waals surface area contributed by atoms with E-state index in [1.165, 1.54) is 0 Å². The van der Waals surface area contributed by atoms with Crippen molar-refractivity contribution in [3.8, 4) is 0 Å². The van der Waals surface area contributed by atoms with Crippen LogP contribution in [0.1, 0.15) is 11.1 Å². The Bertz CT molecular complexity index is 1510. The number of hydrogen-bond donors (Lipinski definition) is 1. The van der Waals surface area contributed by atoms with E-state index >= 15 is 0 Å². The van der Waals surface area contributed by atoms with Gasteiger partial charge < -0.3 is 4.57 Å². The van der Waals surface area contributed by atoms with Crippen molar-refractivity contribution in [2.45, 2.75) is 18.4 Å². The average molecular weight is 516 g/mol. The zero-order chi connectivity index (χ0) is 25.2. The number of urea groups is 1. The van der Waals surface area contributed by atoms with E-state index in [9.17, 15) is 14.4 Å². The number of nitrogens with zero attached hydrogens (tertiary/aromatic N) is 2. The maximum Gasteiger partial charge on any atom is 0.335 e. The molecule has 0 unspecified atom stereocenters. The van der Waals surface area contributed by atoms with E-state index in [0.29, 0.717) is 10.7 Å². The van der Waals surface area contributed by atoms with Crippen molar-refractivity contribution in [3.63, 3.8) is 0 Å². The Labute approximate surface area is 217 Å². The van der Waals surface area contributed by atoms with E-state index in [1.54, 1.807) is 30.0 Å². The van der Waals surface area contributed by atoms with Crippen LogP contribution in [0.25, 0.3) is 17.0 Å². The number of halogens is 1. The molecule has 180 valence electrons. The van der Waals surface area contributed by atoms with Gasteiger partial charge in [-0.3, -0.25) is 14.9 Å². The summed E-state index contributed by atoms with van der Waals surface area (Å²) in [5.74, 6) is -0.531. The molecule has 0 radical (unpaired) electrons. The summed E-state index contributed by atoms with van der Waals surface area (Å²) in [6, 6.07) is 21.8. The molecule has 0 bridgehead atoms. The van der Waals surface area contributed by atoms with E-state index < -0.39 is 17.8 Å². The highest BCUT2D eigenvalue weighted by atomic mass is 35.5. The second kappa shape index (κ2) is 10.0. The van der Waals surface area contributed by atoms with Crippen LogP contribution in [-0.4, -0.2) is 28.2 Å². The maximum absolute atomic E-state index is 13.3. The zero-order valence-electron chi connectivity index (χ0n) is 19.4. The van der Waals surface area contributed by atoms with Crippen molar-refractivity contribution in [1.29, 1.82) is 0 Å². The molecule has 1 aliphatic rings. The predicted molar refractivity (Wildman–Crippen MR) is 144 cm³/mol. The SMILES string of the molecule is Cc1ccc(N2C(=O)NC(=O)/C(=C\c3cn(CCSc4ccc(Cl)cc4)c4ccccc34)C2=O)cc1. The molecule has 1 N–H and O–H groups in total. The molecule has 0 aliphatic carbocycles. The number of imide groups is 2. The monoisotopic (exact) mass is 515 g/mol. The number of barbiturate groups is 1. The molecule has 1 aromatic heterocycles. The quantitative estimate of drug-likeness (QED) is 0.192. The highest BCUT2D eigenvalue weighted by molar-refractivity contribution is 7.99. The van der Waals surface area contributed by atoms with Gasteiger partial charge in [0.05, 0.1) is 5.69 Å². The molecular formula is C28H22ClN3O3S. The van der Waals surface area contributed by atoms with Crippen molar-refractivity contribution in [1.82, 2.24) is 9.88 Å². The lowest BCUT2D eigenvalue weighted by Crippen LogP contribution is -2.54. The first-order valence-electron chi connectivity index (χ1n) is 11.3. The fourth-order valence-corrected chi connectivity index (χ4v) is 5.09. The number of aryl methyl sites for hydroxylation is 2. The third kappa shape index (κ3) is 4.80. The Kier molecular flexibility index (Phi) is 6.67. The maximum atomic E-state index is 13.3. The molecule has 0 spiro atoms. The molecule has 3 aromatic carbocycles. The molecule has 4 amide bonds. The summed E-state index contributed by atoms with van der Waals surface area (Å²) in [5, 5.41) is 3.92. The van der Waals surface area contributed by atoms with Crippen molar-refractivity contribution >= 4 is 63.9 Å². The minimum atomic E-state index is -0.757. The summed E-state index contributed by atoms with van der Waals surface area (Å²) in [7, 11) is 0. The molecule has 5 rings (SSSR count). The van der Waals surface area contributed by atoms with Gasteiger partial charge in [-0.1, -0.05) is 47.5 Å². The third-order valence-electron chi connectivity index (χ3n) is 5.93. The largest absolute Gasteiger partial charge is 0.346 e. The number of hydrogen-bond acceptors (Lipinski definition) is 4.